The summed E-state index contributed by atoms with van der Waals surface area (Å²) in [6.07, 6.45) is 3.13. The summed E-state index contributed by atoms with van der Waals surface area (Å²) in [5.74, 6) is 1.13. The van der Waals surface area contributed by atoms with Gasteiger partial charge in [0.25, 0.3) is 0 Å². The van der Waals surface area contributed by atoms with Crippen LogP contribution in [0.4, 0.5) is 4.79 Å². The molecule has 4 heteroatoms. The van der Waals surface area contributed by atoms with Crippen molar-refractivity contribution in [2.24, 2.45) is 0 Å². The van der Waals surface area contributed by atoms with Crippen molar-refractivity contribution in [3.05, 3.63) is 77.9 Å². The summed E-state index contributed by atoms with van der Waals surface area (Å²) in [5, 5.41) is 6.49. The number of amides is 1. The van der Waals surface area contributed by atoms with Crippen molar-refractivity contribution in [1.82, 2.24) is 10.2 Å². The maximum Gasteiger partial charge on any atom is 0.414 e. The number of fused-ring (bicyclic) bond motifs is 1. The van der Waals surface area contributed by atoms with Crippen molar-refractivity contribution in [3.8, 4) is 5.75 Å². The van der Waals surface area contributed by atoms with Gasteiger partial charge >= 0.3 is 6.09 Å². The number of carbonyl (C=O) groups excluding carboxylic acids is 1. The van der Waals surface area contributed by atoms with E-state index in [2.05, 4.69) is 66.8 Å². The number of hydrogen-bond acceptors (Lipinski definition) is 3. The lowest BCUT2D eigenvalue weighted by Gasteiger charge is -2.21. The maximum absolute atomic E-state index is 11.7. The van der Waals surface area contributed by atoms with Gasteiger partial charge in [0.1, 0.15) is 5.75 Å². The van der Waals surface area contributed by atoms with Crippen LogP contribution in [0.3, 0.4) is 0 Å². The third kappa shape index (κ3) is 4.49. The zero-order valence-corrected chi connectivity index (χ0v) is 18.0. The van der Waals surface area contributed by atoms with Crippen molar-refractivity contribution in [1.29, 1.82) is 0 Å². The average molecular weight is 403 g/mol. The van der Waals surface area contributed by atoms with Gasteiger partial charge in [0.2, 0.25) is 0 Å². The fraction of sp³-hybridized carbons (Fsp3) is 0.346. The highest BCUT2D eigenvalue weighted by Crippen LogP contribution is 2.36. The molecule has 0 saturated heterocycles. The summed E-state index contributed by atoms with van der Waals surface area (Å²) in [4.78, 5) is 13.1. The number of nitrogens with zero attached hydrogens (tertiary/aromatic N) is 1. The molecule has 0 bridgehead atoms. The average Bonchev–Trinajstić information content (AvgIpc) is 3.22. The zero-order chi connectivity index (χ0) is 21.1. The van der Waals surface area contributed by atoms with E-state index in [0.29, 0.717) is 23.8 Å². The fourth-order valence-corrected chi connectivity index (χ4v) is 4.51. The van der Waals surface area contributed by atoms with Crippen LogP contribution in [0, 0.1) is 0 Å². The highest BCUT2D eigenvalue weighted by Gasteiger charge is 2.27. The predicted molar refractivity (Wildman–Crippen MR) is 122 cm³/mol. The van der Waals surface area contributed by atoms with Gasteiger partial charge in [0, 0.05) is 26.2 Å². The summed E-state index contributed by atoms with van der Waals surface area (Å²) in [6, 6.07) is 24.0. The molecular formula is C26H30N2O2. The van der Waals surface area contributed by atoms with E-state index in [4.69, 9.17) is 4.74 Å². The molecule has 1 saturated carbocycles. The Bertz CT molecular complexity index is 1010. The van der Waals surface area contributed by atoms with Gasteiger partial charge < -0.3 is 15.0 Å². The number of nitrogens with one attached hydrogen (secondary N) is 1. The van der Waals surface area contributed by atoms with Crippen molar-refractivity contribution in [2.75, 3.05) is 14.1 Å². The first-order chi connectivity index (χ1) is 14.5. The molecule has 0 aromatic heterocycles. The molecule has 156 valence electrons. The SMILES string of the molecule is CC(NC1CCC(c2ccc(OC(=O)N(C)C)cc2)C1)c1cccc2ccccc12. The molecule has 0 heterocycles. The van der Waals surface area contributed by atoms with Gasteiger partial charge in [-0.1, -0.05) is 54.6 Å². The molecule has 3 unspecified atom stereocenters. The van der Waals surface area contributed by atoms with Gasteiger partial charge in [-0.15, -0.1) is 0 Å². The highest BCUT2D eigenvalue weighted by molar-refractivity contribution is 5.86. The fourth-order valence-electron chi connectivity index (χ4n) is 4.51. The van der Waals surface area contributed by atoms with Gasteiger partial charge in [0.15, 0.2) is 0 Å². The van der Waals surface area contributed by atoms with Crippen LogP contribution in [0.2, 0.25) is 0 Å². The first kappa shape index (κ1) is 20.4. The molecule has 4 rings (SSSR count). The molecule has 1 fully saturated rings. The van der Waals surface area contributed by atoms with E-state index in [9.17, 15) is 4.79 Å². The van der Waals surface area contributed by atoms with Crippen molar-refractivity contribution in [3.63, 3.8) is 0 Å². The lowest BCUT2D eigenvalue weighted by Crippen LogP contribution is -2.29. The van der Waals surface area contributed by atoms with Gasteiger partial charge in [-0.25, -0.2) is 4.79 Å². The third-order valence-electron chi connectivity index (χ3n) is 6.13. The monoisotopic (exact) mass is 402 g/mol. The molecule has 3 atom stereocenters. The summed E-state index contributed by atoms with van der Waals surface area (Å²) in [6.45, 7) is 2.27. The molecule has 1 amide bonds. The standard InChI is InChI=1S/C26H30N2O2/c1-18(24-10-6-8-20-7-4-5-9-25(20)24)27-22-14-11-21(17-22)19-12-15-23(16-13-19)30-26(29)28(2)3/h4-10,12-13,15-16,18,21-22,27H,11,14,17H2,1-3H3. The number of hydrogen-bond donors (Lipinski definition) is 1. The van der Waals surface area contributed by atoms with Gasteiger partial charge in [0.05, 0.1) is 0 Å². The Hall–Kier alpha value is -2.85. The number of rotatable bonds is 5. The van der Waals surface area contributed by atoms with Crippen LogP contribution in [0.15, 0.2) is 66.7 Å². The second-order valence-electron chi connectivity index (χ2n) is 8.50. The van der Waals surface area contributed by atoms with E-state index in [0.717, 1.165) is 6.42 Å². The summed E-state index contributed by atoms with van der Waals surface area (Å²) in [5.41, 5.74) is 2.69. The Morgan fingerprint density at radius 1 is 1.00 bits per heavy atom. The molecule has 30 heavy (non-hydrogen) atoms. The summed E-state index contributed by atoms with van der Waals surface area (Å²) >= 11 is 0. The first-order valence-electron chi connectivity index (χ1n) is 10.7. The smallest absolute Gasteiger partial charge is 0.410 e. The second-order valence-corrected chi connectivity index (χ2v) is 8.50. The largest absolute Gasteiger partial charge is 0.414 e. The van der Waals surface area contributed by atoms with Crippen molar-refractivity contribution < 1.29 is 9.53 Å². The van der Waals surface area contributed by atoms with Crippen LogP contribution >= 0.6 is 0 Å². The Morgan fingerprint density at radius 3 is 2.50 bits per heavy atom. The van der Waals surface area contributed by atoms with E-state index in [1.54, 1.807) is 14.1 Å². The molecule has 1 aliphatic carbocycles. The van der Waals surface area contributed by atoms with Crippen molar-refractivity contribution >= 4 is 16.9 Å². The minimum Gasteiger partial charge on any atom is -0.410 e. The zero-order valence-electron chi connectivity index (χ0n) is 18.0. The number of carbonyl (C=O) groups is 1. The topological polar surface area (TPSA) is 41.6 Å². The van der Waals surface area contributed by atoms with E-state index >= 15 is 0 Å². The molecule has 3 aromatic carbocycles. The number of ether oxygens (including phenoxy) is 1. The lowest BCUT2D eigenvalue weighted by atomic mass is 9.96. The molecule has 0 radical (unpaired) electrons. The molecule has 1 N–H and O–H groups in total. The van der Waals surface area contributed by atoms with Crippen LogP contribution in [0.25, 0.3) is 10.8 Å². The molecule has 0 aliphatic heterocycles. The van der Waals surface area contributed by atoms with Gasteiger partial charge in [-0.2, -0.15) is 0 Å². The second kappa shape index (κ2) is 8.88. The summed E-state index contributed by atoms with van der Waals surface area (Å²) in [7, 11) is 3.36. The van der Waals surface area contributed by atoms with Crippen molar-refractivity contribution in [2.45, 2.75) is 44.2 Å². The molecule has 4 nitrogen and oxygen atoms in total. The Kier molecular flexibility index (Phi) is 6.05. The highest BCUT2D eigenvalue weighted by atomic mass is 16.6. The quantitative estimate of drug-likeness (QED) is 0.579. The van der Waals surface area contributed by atoms with E-state index in [1.165, 1.54) is 39.6 Å². The van der Waals surface area contributed by atoms with Gasteiger partial charge in [-0.05, 0) is 66.1 Å². The van der Waals surface area contributed by atoms with Crippen LogP contribution in [0.5, 0.6) is 5.75 Å². The first-order valence-corrected chi connectivity index (χ1v) is 10.7. The van der Waals surface area contributed by atoms with E-state index in [-0.39, 0.29) is 6.09 Å². The third-order valence-corrected chi connectivity index (χ3v) is 6.13. The maximum atomic E-state index is 11.7. The minimum atomic E-state index is -0.352. The Labute approximate surface area is 178 Å². The van der Waals surface area contributed by atoms with Gasteiger partial charge in [-0.3, -0.25) is 0 Å². The Balaban J connectivity index is 1.38. The predicted octanol–water partition coefficient (Wildman–Crippen LogP) is 5.89. The van der Waals surface area contributed by atoms with Crippen LogP contribution in [-0.2, 0) is 0 Å². The van der Waals surface area contributed by atoms with Crippen LogP contribution < -0.4 is 10.1 Å². The van der Waals surface area contributed by atoms with E-state index < -0.39 is 0 Å². The molecule has 1 aliphatic rings. The van der Waals surface area contributed by atoms with Crippen LogP contribution in [0.1, 0.15) is 49.3 Å². The number of benzene rings is 3. The minimum absolute atomic E-state index is 0.313. The lowest BCUT2D eigenvalue weighted by molar-refractivity contribution is 0.172. The molecular weight excluding hydrogens is 372 g/mol. The van der Waals surface area contributed by atoms with E-state index in [1.807, 2.05) is 12.1 Å². The summed E-state index contributed by atoms with van der Waals surface area (Å²) < 4.78 is 5.33. The van der Waals surface area contributed by atoms with Crippen LogP contribution in [-0.4, -0.2) is 31.1 Å². The Morgan fingerprint density at radius 2 is 1.73 bits per heavy atom. The molecule has 3 aromatic rings. The normalized spacial score (nSPS) is 19.6. The molecule has 0 spiro atoms.